The van der Waals surface area contributed by atoms with Gasteiger partial charge in [-0.2, -0.15) is 5.10 Å². The van der Waals surface area contributed by atoms with Gasteiger partial charge in [0.2, 0.25) is 17.7 Å². The van der Waals surface area contributed by atoms with E-state index in [0.717, 1.165) is 87.7 Å². The number of fused-ring (bicyclic) bond motifs is 2. The van der Waals surface area contributed by atoms with Crippen LogP contribution in [-0.4, -0.2) is 102 Å². The van der Waals surface area contributed by atoms with Gasteiger partial charge in [-0.05, 0) is 79.8 Å². The van der Waals surface area contributed by atoms with Crippen molar-refractivity contribution in [3.8, 4) is 22.6 Å². The number of hydrogen-bond donors (Lipinski definition) is 3. The minimum atomic E-state index is -1.07. The number of nitrogens with one attached hydrogen (secondary N) is 2. The van der Waals surface area contributed by atoms with Crippen LogP contribution in [0.3, 0.4) is 0 Å². The third kappa shape index (κ3) is 8.47. The summed E-state index contributed by atoms with van der Waals surface area (Å²) in [7, 11) is 3.18. The van der Waals surface area contributed by atoms with Crippen molar-refractivity contribution >= 4 is 52.1 Å². The highest BCUT2D eigenvalue weighted by atomic mass is 35.5. The molecule has 1 aromatic heterocycles. The molecule has 0 bridgehead atoms. The van der Waals surface area contributed by atoms with Gasteiger partial charge in [0.15, 0.2) is 23.0 Å². The number of piperidine rings is 1. The van der Waals surface area contributed by atoms with Crippen LogP contribution in [0.15, 0.2) is 66.7 Å². The van der Waals surface area contributed by atoms with Crippen molar-refractivity contribution < 1.29 is 37.4 Å². The summed E-state index contributed by atoms with van der Waals surface area (Å²) < 4.78 is 45.9. The van der Waals surface area contributed by atoms with Crippen LogP contribution in [0, 0.1) is 23.5 Å². The number of aromatic nitrogens is 2. The predicted molar refractivity (Wildman–Crippen MR) is 257 cm³/mol. The second kappa shape index (κ2) is 18.7. The summed E-state index contributed by atoms with van der Waals surface area (Å²) in [6.45, 7) is 7.07. The highest BCUT2D eigenvalue weighted by Gasteiger charge is 2.50. The van der Waals surface area contributed by atoms with E-state index in [4.69, 9.17) is 26.8 Å². The van der Waals surface area contributed by atoms with Crippen molar-refractivity contribution in [2.24, 2.45) is 24.6 Å². The molecule has 1 saturated carbocycles. The molecule has 0 spiro atoms. The molecule has 5 aromatic rings. The van der Waals surface area contributed by atoms with E-state index in [1.165, 1.54) is 35.8 Å². The molecule has 0 radical (unpaired) electrons. The summed E-state index contributed by atoms with van der Waals surface area (Å²) in [4.78, 5) is 57.0. The molecule has 1 aliphatic carbocycles. The molecule has 2 unspecified atom stereocenters. The number of carbonyl (C=O) groups excluding carboxylic acids is 4. The molecule has 4 aromatic carbocycles. The molecule has 3 saturated heterocycles. The molecule has 17 heteroatoms. The zero-order valence-electron chi connectivity index (χ0n) is 39.0. The van der Waals surface area contributed by atoms with Crippen molar-refractivity contribution in [3.63, 3.8) is 0 Å². The van der Waals surface area contributed by atoms with E-state index in [-0.39, 0.29) is 63.4 Å². The maximum absolute atomic E-state index is 16.2. The van der Waals surface area contributed by atoms with Gasteiger partial charge < -0.3 is 30.3 Å². The lowest BCUT2D eigenvalue weighted by molar-refractivity contribution is -0.138. The molecule has 4 N–H and O–H groups in total. The van der Waals surface area contributed by atoms with E-state index < -0.39 is 35.1 Å². The largest absolute Gasteiger partial charge is 0.494 e. The smallest absolute Gasteiger partial charge is 0.329 e. The Hall–Kier alpha value is -6.10. The average molecular weight is 964 g/mol. The van der Waals surface area contributed by atoms with Gasteiger partial charge in [0, 0.05) is 111 Å². The van der Waals surface area contributed by atoms with E-state index in [0.29, 0.717) is 36.3 Å². The summed E-state index contributed by atoms with van der Waals surface area (Å²) in [5, 5.41) is 11.3. The van der Waals surface area contributed by atoms with Gasteiger partial charge in [-0.3, -0.25) is 29.3 Å². The molecule has 69 heavy (non-hydrogen) atoms. The highest BCUT2D eigenvalue weighted by Crippen LogP contribution is 2.56. The van der Waals surface area contributed by atoms with Gasteiger partial charge in [0.1, 0.15) is 11.6 Å². The lowest BCUT2D eigenvalue weighted by Crippen LogP contribution is -2.50. The number of primary amides is 1. The number of anilines is 1. The number of rotatable bonds is 12. The Morgan fingerprint density at radius 3 is 2.41 bits per heavy atom. The Labute approximate surface area is 404 Å². The zero-order chi connectivity index (χ0) is 48.3. The topological polar surface area (TPSA) is 164 Å². The molecule has 5 amide bonds. The Bertz CT molecular complexity index is 2840. The summed E-state index contributed by atoms with van der Waals surface area (Å²) in [6.07, 6.45) is 5.33. The number of nitrogens with two attached hydrogens (primary N) is 1. The lowest BCUT2D eigenvalue weighted by atomic mass is 9.77. The minimum Gasteiger partial charge on any atom is -0.494 e. The van der Waals surface area contributed by atoms with Gasteiger partial charge in [-0.15, -0.1) is 0 Å². The van der Waals surface area contributed by atoms with E-state index in [1.54, 1.807) is 4.68 Å². The van der Waals surface area contributed by atoms with Crippen molar-refractivity contribution in [2.45, 2.75) is 75.3 Å². The maximum atomic E-state index is 16.2. The quantitative estimate of drug-likeness (QED) is 0.114. The zero-order valence-corrected chi connectivity index (χ0v) is 39.8. The van der Waals surface area contributed by atoms with Crippen LogP contribution in [0.25, 0.3) is 22.0 Å². The van der Waals surface area contributed by atoms with Crippen LogP contribution < -0.4 is 30.7 Å². The van der Waals surface area contributed by atoms with Crippen LogP contribution in [0.2, 0.25) is 5.02 Å². The fourth-order valence-corrected chi connectivity index (χ4v) is 11.8. The maximum Gasteiger partial charge on any atom is 0.329 e. The number of urea groups is 1. The van der Waals surface area contributed by atoms with Crippen LogP contribution in [0.1, 0.15) is 90.8 Å². The Balaban J connectivity index is 0.735. The molecule has 14 nitrogen and oxygen atoms in total. The minimum absolute atomic E-state index is 0.000887. The highest BCUT2D eigenvalue weighted by molar-refractivity contribution is 6.34. The first-order chi connectivity index (χ1) is 33.2. The fraction of sp³-hybridized carbons (Fsp3) is 0.442. The van der Waals surface area contributed by atoms with Crippen LogP contribution in [-0.2, 0) is 22.2 Å². The van der Waals surface area contributed by atoms with E-state index in [9.17, 15) is 19.2 Å². The van der Waals surface area contributed by atoms with Crippen LogP contribution in [0.4, 0.5) is 19.4 Å². The van der Waals surface area contributed by atoms with E-state index in [1.807, 2.05) is 50.4 Å². The first kappa shape index (κ1) is 46.6. The molecule has 4 aliphatic heterocycles. The Morgan fingerprint density at radius 1 is 0.971 bits per heavy atom. The SMILES string of the molecule is COc1ccc(C(N)=O)c(-c2c(Cl)c(F)cc3c2C(C)C(CNC2CCC(C(=O)N4CCC(CN5CC(c6ccc7c(N8CCC(=O)NC8=O)nn(C)c7c6)C5)CC4)CC2)(c2ccccc2)O3)c1F. The van der Waals surface area contributed by atoms with Gasteiger partial charge in [-0.1, -0.05) is 54.9 Å². The van der Waals surface area contributed by atoms with Gasteiger partial charge in [0.05, 0.1) is 23.2 Å². The second-order valence-corrected chi connectivity index (χ2v) is 19.9. The fourth-order valence-electron chi connectivity index (χ4n) is 11.6. The summed E-state index contributed by atoms with van der Waals surface area (Å²) in [6, 6.07) is 19.5. The number of amides is 5. The number of hydrogen-bond acceptors (Lipinski definition) is 9. The summed E-state index contributed by atoms with van der Waals surface area (Å²) >= 11 is 6.70. The predicted octanol–water partition coefficient (Wildman–Crippen LogP) is 7.60. The van der Waals surface area contributed by atoms with E-state index in [2.05, 4.69) is 37.7 Å². The number of carbonyl (C=O) groups is 4. The molecule has 5 heterocycles. The monoisotopic (exact) mass is 962 g/mol. The van der Waals surface area contributed by atoms with Crippen molar-refractivity contribution in [1.29, 1.82) is 0 Å². The van der Waals surface area contributed by atoms with Crippen molar-refractivity contribution in [3.05, 3.63) is 106 Å². The third-order valence-electron chi connectivity index (χ3n) is 15.5. The normalized spacial score (nSPS) is 23.4. The van der Waals surface area contributed by atoms with Crippen molar-refractivity contribution in [1.82, 2.24) is 30.2 Å². The van der Waals surface area contributed by atoms with Crippen LogP contribution in [0.5, 0.6) is 11.5 Å². The molecule has 362 valence electrons. The molecular weight excluding hydrogens is 906 g/mol. The summed E-state index contributed by atoms with van der Waals surface area (Å²) in [5.41, 5.74) is 7.76. The van der Waals surface area contributed by atoms with Gasteiger partial charge in [0.25, 0.3) is 0 Å². The average Bonchev–Trinajstić information content (AvgIpc) is 3.81. The number of nitrogens with zero attached hydrogens (tertiary/aromatic N) is 5. The number of aryl methyl sites for hydroxylation is 1. The molecule has 5 aliphatic rings. The number of benzene rings is 4. The molecular formula is C52H57ClF2N8O6. The Kier molecular flexibility index (Phi) is 12.6. The standard InChI is InChI=1S/C52H57ClF2N8O6/c1-29-43-41(24-38(54)46(53)45(43)44-37(48(56)65)15-16-40(68-3)47(44)55)69-52(29,34-7-5-4-6-8-34)28-57-35-12-9-31(10-13-35)50(66)62-20-17-30(18-21-62)25-61-26-33(27-61)32-11-14-36-39(23-32)60(2)59-49(36)63-22-19-42(64)58-51(63)67/h4-8,11,14-16,23-24,29-31,33,35,57H,9-10,12-13,17-22,25-28H2,1-3H3,(H2,56,65)(H,58,64,67). The molecule has 2 atom stereocenters. The number of halogens is 3. The number of ether oxygens (including phenoxy) is 2. The third-order valence-corrected chi connectivity index (χ3v) is 15.9. The van der Waals surface area contributed by atoms with Gasteiger partial charge in [-0.25, -0.2) is 13.6 Å². The molecule has 10 rings (SSSR count). The van der Waals surface area contributed by atoms with Crippen molar-refractivity contribution in [2.75, 3.05) is 57.8 Å². The number of imide groups is 1. The van der Waals surface area contributed by atoms with E-state index >= 15 is 8.78 Å². The van der Waals surface area contributed by atoms with Crippen LogP contribution >= 0.6 is 11.6 Å². The molecule has 4 fully saturated rings. The second-order valence-electron chi connectivity index (χ2n) is 19.5. The summed E-state index contributed by atoms with van der Waals surface area (Å²) in [5.74, 6) is -1.63. The Morgan fingerprint density at radius 2 is 1.71 bits per heavy atom. The van der Waals surface area contributed by atoms with Gasteiger partial charge >= 0.3 is 6.03 Å². The lowest BCUT2D eigenvalue weighted by Gasteiger charge is -2.43. The first-order valence-corrected chi connectivity index (χ1v) is 24.4. The number of methoxy groups -OCH3 is 1. The first-order valence-electron chi connectivity index (χ1n) is 24.0. The number of likely N-dealkylation sites (tertiary alicyclic amines) is 2.